The summed E-state index contributed by atoms with van der Waals surface area (Å²) >= 11 is 5.87. The summed E-state index contributed by atoms with van der Waals surface area (Å²) in [6.45, 7) is 0. The Hall–Kier alpha value is -2.99. The lowest BCUT2D eigenvalue weighted by molar-refractivity contribution is -0.121. The summed E-state index contributed by atoms with van der Waals surface area (Å²) in [6.07, 6.45) is 1.93. The highest BCUT2D eigenvalue weighted by Crippen LogP contribution is 2.23. The Bertz CT molecular complexity index is 936. The van der Waals surface area contributed by atoms with Gasteiger partial charge in [0.05, 0.1) is 19.1 Å². The minimum Gasteiger partial charge on any atom is -0.496 e. The number of carbonyl (C=O) groups excluding carboxylic acids is 2. The van der Waals surface area contributed by atoms with Gasteiger partial charge in [-0.1, -0.05) is 29.8 Å². The van der Waals surface area contributed by atoms with Gasteiger partial charge in [-0.25, -0.2) is 0 Å². The maximum absolute atomic E-state index is 12.2. The molecule has 0 aliphatic heterocycles. The third kappa shape index (κ3) is 3.75. The van der Waals surface area contributed by atoms with E-state index in [9.17, 15) is 9.59 Å². The predicted octanol–water partition coefficient (Wildman–Crippen LogP) is 2.83. The first-order valence-electron chi connectivity index (χ1n) is 7.56. The largest absolute Gasteiger partial charge is 0.496 e. The number of fused-ring (bicyclic) bond motifs is 1. The van der Waals surface area contributed by atoms with Gasteiger partial charge in [-0.15, -0.1) is 0 Å². The van der Waals surface area contributed by atoms with Crippen LogP contribution in [0, 0.1) is 0 Å². The van der Waals surface area contributed by atoms with Gasteiger partial charge in [-0.2, -0.15) is 0 Å². The van der Waals surface area contributed by atoms with E-state index >= 15 is 0 Å². The van der Waals surface area contributed by atoms with E-state index in [0.717, 1.165) is 16.5 Å². The van der Waals surface area contributed by atoms with Crippen LogP contribution in [0.2, 0.25) is 5.02 Å². The van der Waals surface area contributed by atoms with Gasteiger partial charge in [0.2, 0.25) is 5.91 Å². The third-order valence-electron chi connectivity index (χ3n) is 3.75. The molecule has 1 aromatic heterocycles. The Morgan fingerprint density at radius 3 is 2.76 bits per heavy atom. The fourth-order valence-electron chi connectivity index (χ4n) is 2.54. The van der Waals surface area contributed by atoms with Crippen LogP contribution < -0.4 is 15.6 Å². The molecular weight excluding hydrogens is 342 g/mol. The predicted molar refractivity (Wildman–Crippen MR) is 95.6 cm³/mol. The lowest BCUT2D eigenvalue weighted by Crippen LogP contribution is -2.42. The molecule has 1 heterocycles. The number of ether oxygens (including phenoxy) is 1. The summed E-state index contributed by atoms with van der Waals surface area (Å²) in [5.41, 5.74) is 6.88. The highest BCUT2D eigenvalue weighted by molar-refractivity contribution is 6.30. The van der Waals surface area contributed by atoms with Crippen LogP contribution in [0.25, 0.3) is 10.9 Å². The quantitative estimate of drug-likeness (QED) is 0.628. The Morgan fingerprint density at radius 2 is 1.96 bits per heavy atom. The standard InChI is InChI=1S/C18H16ClN3O3/c1-25-16-9-12(19)6-7-14(16)18(24)22-21-17(23)8-11-10-20-15-5-3-2-4-13(11)15/h2-7,9-10,20H,8H2,1H3,(H,21,23)(H,22,24). The summed E-state index contributed by atoms with van der Waals surface area (Å²) < 4.78 is 5.13. The summed E-state index contributed by atoms with van der Waals surface area (Å²) in [7, 11) is 1.44. The van der Waals surface area contributed by atoms with Crippen LogP contribution in [-0.2, 0) is 11.2 Å². The molecule has 0 unspecified atom stereocenters. The van der Waals surface area contributed by atoms with E-state index in [0.29, 0.717) is 10.8 Å². The van der Waals surface area contributed by atoms with E-state index in [4.69, 9.17) is 16.3 Å². The molecule has 3 aromatic rings. The summed E-state index contributed by atoms with van der Waals surface area (Å²) in [4.78, 5) is 27.4. The van der Waals surface area contributed by atoms with Crippen molar-refractivity contribution < 1.29 is 14.3 Å². The van der Waals surface area contributed by atoms with Crippen molar-refractivity contribution in [1.82, 2.24) is 15.8 Å². The zero-order valence-electron chi connectivity index (χ0n) is 13.4. The van der Waals surface area contributed by atoms with Crippen LogP contribution in [0.1, 0.15) is 15.9 Å². The lowest BCUT2D eigenvalue weighted by atomic mass is 10.1. The van der Waals surface area contributed by atoms with Gasteiger partial charge in [0.1, 0.15) is 5.75 Å². The Kier molecular flexibility index (Phi) is 4.90. The van der Waals surface area contributed by atoms with Crippen LogP contribution in [0.5, 0.6) is 5.75 Å². The molecule has 0 atom stereocenters. The smallest absolute Gasteiger partial charge is 0.273 e. The lowest BCUT2D eigenvalue weighted by Gasteiger charge is -2.10. The molecule has 7 heteroatoms. The van der Waals surface area contributed by atoms with E-state index in [-0.39, 0.29) is 17.9 Å². The molecule has 0 aliphatic carbocycles. The minimum absolute atomic E-state index is 0.141. The van der Waals surface area contributed by atoms with Crippen molar-refractivity contribution in [3.05, 3.63) is 64.8 Å². The van der Waals surface area contributed by atoms with Gasteiger partial charge in [-0.3, -0.25) is 20.4 Å². The van der Waals surface area contributed by atoms with Gasteiger partial charge in [0, 0.05) is 22.1 Å². The Morgan fingerprint density at radius 1 is 1.16 bits per heavy atom. The van der Waals surface area contributed by atoms with Crippen molar-refractivity contribution >= 4 is 34.3 Å². The summed E-state index contributed by atoms with van der Waals surface area (Å²) in [5, 5.41) is 1.43. The molecule has 6 nitrogen and oxygen atoms in total. The van der Waals surface area contributed by atoms with Crippen LogP contribution in [0.4, 0.5) is 0 Å². The number of aromatic amines is 1. The number of benzene rings is 2. The van der Waals surface area contributed by atoms with Gasteiger partial charge in [-0.05, 0) is 29.8 Å². The number of carbonyl (C=O) groups is 2. The molecule has 128 valence electrons. The Labute approximate surface area is 149 Å². The average Bonchev–Trinajstić information content (AvgIpc) is 3.02. The van der Waals surface area contributed by atoms with E-state index in [1.807, 2.05) is 24.3 Å². The molecule has 0 bridgehead atoms. The number of methoxy groups -OCH3 is 1. The average molecular weight is 358 g/mol. The molecule has 0 saturated carbocycles. The number of para-hydroxylation sites is 1. The number of halogens is 1. The molecule has 0 aliphatic rings. The van der Waals surface area contributed by atoms with E-state index < -0.39 is 5.91 Å². The number of aromatic nitrogens is 1. The highest BCUT2D eigenvalue weighted by atomic mass is 35.5. The first kappa shape index (κ1) is 16.9. The van der Waals surface area contributed by atoms with Crippen LogP contribution in [0.15, 0.2) is 48.7 Å². The molecular formula is C18H16ClN3O3. The number of hydrogen-bond acceptors (Lipinski definition) is 3. The number of hydrazine groups is 1. The minimum atomic E-state index is -0.485. The van der Waals surface area contributed by atoms with E-state index in [1.54, 1.807) is 12.3 Å². The van der Waals surface area contributed by atoms with E-state index in [1.165, 1.54) is 19.2 Å². The van der Waals surface area contributed by atoms with E-state index in [2.05, 4.69) is 15.8 Å². The fraction of sp³-hybridized carbons (Fsp3) is 0.111. The summed E-state index contributed by atoms with van der Waals surface area (Å²) in [6, 6.07) is 12.3. The topological polar surface area (TPSA) is 83.2 Å². The second-order valence-corrected chi connectivity index (χ2v) is 5.82. The molecule has 2 amide bonds. The van der Waals surface area contributed by atoms with Gasteiger partial charge in [0.25, 0.3) is 5.91 Å². The fourth-order valence-corrected chi connectivity index (χ4v) is 2.70. The maximum Gasteiger partial charge on any atom is 0.273 e. The molecule has 0 fully saturated rings. The van der Waals surface area contributed by atoms with Crippen LogP contribution in [0.3, 0.4) is 0 Å². The van der Waals surface area contributed by atoms with Crippen molar-refractivity contribution in [3.63, 3.8) is 0 Å². The summed E-state index contributed by atoms with van der Waals surface area (Å²) in [5.74, 6) is -0.484. The van der Waals surface area contributed by atoms with Crippen molar-refractivity contribution in [2.24, 2.45) is 0 Å². The number of rotatable bonds is 4. The van der Waals surface area contributed by atoms with Crippen molar-refractivity contribution in [1.29, 1.82) is 0 Å². The van der Waals surface area contributed by atoms with Crippen LogP contribution >= 0.6 is 11.6 Å². The molecule has 0 saturated heterocycles. The number of amides is 2. The maximum atomic E-state index is 12.2. The number of nitrogens with one attached hydrogen (secondary N) is 3. The molecule has 3 N–H and O–H groups in total. The molecule has 0 spiro atoms. The Balaban J connectivity index is 1.63. The normalized spacial score (nSPS) is 10.5. The molecule has 3 rings (SSSR count). The third-order valence-corrected chi connectivity index (χ3v) is 3.98. The first-order chi connectivity index (χ1) is 12.1. The second kappa shape index (κ2) is 7.27. The van der Waals surface area contributed by atoms with Crippen molar-refractivity contribution in [2.45, 2.75) is 6.42 Å². The van der Waals surface area contributed by atoms with Crippen LogP contribution in [-0.4, -0.2) is 23.9 Å². The van der Waals surface area contributed by atoms with Gasteiger partial charge < -0.3 is 9.72 Å². The van der Waals surface area contributed by atoms with Crippen molar-refractivity contribution in [2.75, 3.05) is 7.11 Å². The zero-order chi connectivity index (χ0) is 17.8. The molecule has 25 heavy (non-hydrogen) atoms. The van der Waals surface area contributed by atoms with Crippen molar-refractivity contribution in [3.8, 4) is 5.75 Å². The monoisotopic (exact) mass is 357 g/mol. The molecule has 2 aromatic carbocycles. The number of H-pyrrole nitrogens is 1. The SMILES string of the molecule is COc1cc(Cl)ccc1C(=O)NNC(=O)Cc1c[nH]c2ccccc12. The zero-order valence-corrected chi connectivity index (χ0v) is 14.2. The second-order valence-electron chi connectivity index (χ2n) is 5.38. The number of hydrogen-bond donors (Lipinski definition) is 3. The van der Waals surface area contributed by atoms with Gasteiger partial charge >= 0.3 is 0 Å². The highest BCUT2D eigenvalue weighted by Gasteiger charge is 2.14. The molecule has 0 radical (unpaired) electrons. The van der Waals surface area contributed by atoms with Gasteiger partial charge in [0.15, 0.2) is 0 Å². The first-order valence-corrected chi connectivity index (χ1v) is 7.94.